The maximum absolute atomic E-state index is 6.16. The van der Waals surface area contributed by atoms with Gasteiger partial charge in [0.2, 0.25) is 5.95 Å². The third kappa shape index (κ3) is 2.45. The molecule has 0 aliphatic rings. The molecule has 90 valence electrons. The zero-order chi connectivity index (χ0) is 12.4. The van der Waals surface area contributed by atoms with Crippen molar-refractivity contribution >= 4 is 40.1 Å². The van der Waals surface area contributed by atoms with Crippen molar-refractivity contribution in [3.63, 3.8) is 0 Å². The summed E-state index contributed by atoms with van der Waals surface area (Å²) in [6, 6.07) is 5.45. The molecule has 0 saturated carbocycles. The van der Waals surface area contributed by atoms with Crippen LogP contribution in [-0.4, -0.2) is 23.1 Å². The predicted molar refractivity (Wildman–Crippen MR) is 73.1 cm³/mol. The van der Waals surface area contributed by atoms with Crippen molar-refractivity contribution in [2.24, 2.45) is 0 Å². The first-order valence-electron chi connectivity index (χ1n) is 5.53. The van der Waals surface area contributed by atoms with Gasteiger partial charge in [-0.3, -0.25) is 0 Å². The molecular formula is C12H13Cl2N3. The molecule has 3 nitrogen and oxygen atoms in total. The summed E-state index contributed by atoms with van der Waals surface area (Å²) in [6.07, 6.45) is 0. The quantitative estimate of drug-likeness (QED) is 0.795. The van der Waals surface area contributed by atoms with Crippen molar-refractivity contribution in [2.75, 3.05) is 18.0 Å². The largest absolute Gasteiger partial charge is 0.341 e. The molecule has 0 spiro atoms. The summed E-state index contributed by atoms with van der Waals surface area (Å²) in [5.74, 6) is 0.662. The van der Waals surface area contributed by atoms with E-state index >= 15 is 0 Å². The lowest BCUT2D eigenvalue weighted by Crippen LogP contribution is -2.24. The highest BCUT2D eigenvalue weighted by atomic mass is 35.5. The van der Waals surface area contributed by atoms with Crippen molar-refractivity contribution < 1.29 is 0 Å². The fraction of sp³-hybridized carbons (Fsp3) is 0.333. The summed E-state index contributed by atoms with van der Waals surface area (Å²) in [7, 11) is 0. The van der Waals surface area contributed by atoms with Crippen LogP contribution >= 0.6 is 23.2 Å². The summed E-state index contributed by atoms with van der Waals surface area (Å²) < 4.78 is 0. The lowest BCUT2D eigenvalue weighted by Gasteiger charge is -2.18. The fourth-order valence-corrected chi connectivity index (χ4v) is 2.10. The van der Waals surface area contributed by atoms with Crippen molar-refractivity contribution in [1.82, 2.24) is 9.97 Å². The third-order valence-electron chi connectivity index (χ3n) is 2.65. The van der Waals surface area contributed by atoms with Crippen LogP contribution in [0.5, 0.6) is 0 Å². The summed E-state index contributed by atoms with van der Waals surface area (Å²) >= 11 is 12.1. The van der Waals surface area contributed by atoms with Crippen molar-refractivity contribution in [1.29, 1.82) is 0 Å². The molecule has 2 aromatic rings. The minimum atomic E-state index is 0.444. The molecule has 17 heavy (non-hydrogen) atoms. The van der Waals surface area contributed by atoms with Crippen LogP contribution in [0, 0.1) is 0 Å². The van der Waals surface area contributed by atoms with Crippen LogP contribution in [0.25, 0.3) is 10.9 Å². The second kappa shape index (κ2) is 5.07. The molecule has 0 N–H and O–H groups in total. The number of hydrogen-bond acceptors (Lipinski definition) is 3. The number of nitrogens with zero attached hydrogens (tertiary/aromatic N) is 3. The molecule has 0 saturated heterocycles. The van der Waals surface area contributed by atoms with E-state index in [9.17, 15) is 0 Å². The first-order valence-corrected chi connectivity index (χ1v) is 6.29. The Hall–Kier alpha value is -1.06. The zero-order valence-electron chi connectivity index (χ0n) is 9.74. The topological polar surface area (TPSA) is 29.0 Å². The fourth-order valence-electron chi connectivity index (χ4n) is 1.70. The summed E-state index contributed by atoms with van der Waals surface area (Å²) in [5, 5.41) is 1.87. The number of fused-ring (bicyclic) bond motifs is 1. The van der Waals surface area contributed by atoms with Crippen molar-refractivity contribution in [3.8, 4) is 0 Å². The van der Waals surface area contributed by atoms with Gasteiger partial charge in [-0.15, -0.1) is 0 Å². The SMILES string of the molecule is CCN(CC)c1nc(Cl)c2cc(Cl)ccc2n1. The Bertz CT molecular complexity index is 539. The molecule has 1 aromatic carbocycles. The Kier molecular flexibility index (Phi) is 3.69. The molecule has 1 aromatic heterocycles. The van der Waals surface area contributed by atoms with Gasteiger partial charge in [-0.1, -0.05) is 23.2 Å². The zero-order valence-corrected chi connectivity index (χ0v) is 11.3. The Morgan fingerprint density at radius 3 is 2.47 bits per heavy atom. The van der Waals surface area contributed by atoms with E-state index in [0.717, 1.165) is 24.0 Å². The van der Waals surface area contributed by atoms with E-state index in [1.807, 2.05) is 6.07 Å². The molecular weight excluding hydrogens is 257 g/mol. The molecule has 0 unspecified atom stereocenters. The summed E-state index contributed by atoms with van der Waals surface area (Å²) in [5.41, 5.74) is 0.816. The Labute approximate surface area is 110 Å². The molecule has 0 aliphatic carbocycles. The van der Waals surface area contributed by atoms with E-state index in [4.69, 9.17) is 23.2 Å². The molecule has 0 atom stereocenters. The molecule has 1 heterocycles. The number of benzene rings is 1. The van der Waals surface area contributed by atoms with E-state index in [0.29, 0.717) is 16.1 Å². The van der Waals surface area contributed by atoms with E-state index in [2.05, 4.69) is 28.7 Å². The molecule has 5 heteroatoms. The highest BCUT2D eigenvalue weighted by Gasteiger charge is 2.10. The number of anilines is 1. The van der Waals surface area contributed by atoms with Gasteiger partial charge in [0.15, 0.2) is 0 Å². The van der Waals surface area contributed by atoms with Crippen LogP contribution in [0.3, 0.4) is 0 Å². The van der Waals surface area contributed by atoms with Gasteiger partial charge in [-0.2, -0.15) is 0 Å². The number of aromatic nitrogens is 2. The number of rotatable bonds is 3. The first-order chi connectivity index (χ1) is 8.15. The average Bonchev–Trinajstić information content (AvgIpc) is 2.32. The van der Waals surface area contributed by atoms with Gasteiger partial charge < -0.3 is 4.90 Å². The first kappa shape index (κ1) is 12.4. The number of hydrogen-bond donors (Lipinski definition) is 0. The van der Waals surface area contributed by atoms with Crippen LogP contribution in [0.15, 0.2) is 18.2 Å². The van der Waals surface area contributed by atoms with Crippen LogP contribution in [0.1, 0.15) is 13.8 Å². The van der Waals surface area contributed by atoms with E-state index in [-0.39, 0.29) is 0 Å². The lowest BCUT2D eigenvalue weighted by atomic mass is 10.2. The monoisotopic (exact) mass is 269 g/mol. The molecule has 2 rings (SSSR count). The number of halogens is 2. The van der Waals surface area contributed by atoms with Gasteiger partial charge in [-0.25, -0.2) is 9.97 Å². The van der Waals surface area contributed by atoms with Gasteiger partial charge >= 0.3 is 0 Å². The second-order valence-electron chi connectivity index (χ2n) is 3.65. The lowest BCUT2D eigenvalue weighted by molar-refractivity contribution is 0.826. The van der Waals surface area contributed by atoms with Gasteiger partial charge in [0, 0.05) is 23.5 Å². The standard InChI is InChI=1S/C12H13Cl2N3/c1-3-17(4-2)12-15-10-6-5-8(13)7-9(10)11(14)16-12/h5-7H,3-4H2,1-2H3. The maximum atomic E-state index is 6.16. The molecule has 0 radical (unpaired) electrons. The van der Waals surface area contributed by atoms with Crippen molar-refractivity contribution in [2.45, 2.75) is 13.8 Å². The Balaban J connectivity index is 2.59. The third-order valence-corrected chi connectivity index (χ3v) is 3.17. The minimum absolute atomic E-state index is 0.444. The van der Waals surface area contributed by atoms with Crippen LogP contribution < -0.4 is 4.90 Å². The Morgan fingerprint density at radius 1 is 1.12 bits per heavy atom. The van der Waals surface area contributed by atoms with Crippen LogP contribution in [0.2, 0.25) is 10.2 Å². The highest BCUT2D eigenvalue weighted by Crippen LogP contribution is 2.26. The smallest absolute Gasteiger partial charge is 0.227 e. The summed E-state index contributed by atoms with van der Waals surface area (Å²) in [6.45, 7) is 5.83. The Morgan fingerprint density at radius 2 is 1.82 bits per heavy atom. The predicted octanol–water partition coefficient (Wildman–Crippen LogP) is 3.78. The molecule has 0 amide bonds. The van der Waals surface area contributed by atoms with E-state index < -0.39 is 0 Å². The van der Waals surface area contributed by atoms with Gasteiger partial charge in [-0.05, 0) is 32.0 Å². The highest BCUT2D eigenvalue weighted by molar-refractivity contribution is 6.35. The van der Waals surface area contributed by atoms with Gasteiger partial charge in [0.1, 0.15) is 5.15 Å². The van der Waals surface area contributed by atoms with Crippen LogP contribution in [-0.2, 0) is 0 Å². The minimum Gasteiger partial charge on any atom is -0.341 e. The van der Waals surface area contributed by atoms with Gasteiger partial charge in [0.25, 0.3) is 0 Å². The molecule has 0 fully saturated rings. The molecule has 0 aliphatic heterocycles. The second-order valence-corrected chi connectivity index (χ2v) is 4.44. The maximum Gasteiger partial charge on any atom is 0.227 e. The summed E-state index contributed by atoms with van der Waals surface area (Å²) in [4.78, 5) is 10.9. The van der Waals surface area contributed by atoms with Crippen LogP contribution in [0.4, 0.5) is 5.95 Å². The molecule has 0 bridgehead atoms. The van der Waals surface area contributed by atoms with Crippen molar-refractivity contribution in [3.05, 3.63) is 28.4 Å². The average molecular weight is 270 g/mol. The van der Waals surface area contributed by atoms with E-state index in [1.165, 1.54) is 0 Å². The normalized spacial score (nSPS) is 10.8. The van der Waals surface area contributed by atoms with E-state index in [1.54, 1.807) is 12.1 Å². The van der Waals surface area contributed by atoms with Gasteiger partial charge in [0.05, 0.1) is 5.52 Å².